The highest BCUT2D eigenvalue weighted by Gasteiger charge is 1.97. The number of nitrogens with zero attached hydrogens (tertiary/aromatic N) is 2. The molecule has 0 saturated carbocycles. The molecule has 0 aliphatic carbocycles. The van der Waals surface area contributed by atoms with Crippen molar-refractivity contribution in [3.63, 3.8) is 0 Å². The lowest BCUT2D eigenvalue weighted by molar-refractivity contribution is 0.878. The van der Waals surface area contributed by atoms with Gasteiger partial charge in [0.1, 0.15) is 0 Å². The normalized spacial score (nSPS) is 10.4. The van der Waals surface area contributed by atoms with Crippen molar-refractivity contribution in [1.82, 2.24) is 9.78 Å². The molecule has 1 heterocycles. The van der Waals surface area contributed by atoms with E-state index in [9.17, 15) is 0 Å². The fourth-order valence-corrected chi connectivity index (χ4v) is 1.34. The number of rotatable bonds is 2. The van der Waals surface area contributed by atoms with Gasteiger partial charge < -0.3 is 5.73 Å². The van der Waals surface area contributed by atoms with Crippen molar-refractivity contribution in [1.29, 1.82) is 0 Å². The Hall–Kier alpha value is -1.61. The molecule has 0 aliphatic heterocycles. The van der Waals surface area contributed by atoms with E-state index in [-0.39, 0.29) is 0 Å². The molecule has 14 heavy (non-hydrogen) atoms. The fourth-order valence-electron chi connectivity index (χ4n) is 1.34. The van der Waals surface area contributed by atoms with Crippen LogP contribution < -0.4 is 5.73 Å². The molecule has 3 nitrogen and oxygen atoms in total. The molecule has 1 aromatic heterocycles. The van der Waals surface area contributed by atoms with E-state index in [1.54, 1.807) is 0 Å². The quantitative estimate of drug-likeness (QED) is 0.776. The summed E-state index contributed by atoms with van der Waals surface area (Å²) in [5, 5.41) is 4.23. The van der Waals surface area contributed by atoms with Crippen LogP contribution in [0.25, 0.3) is 5.69 Å². The van der Waals surface area contributed by atoms with Crippen molar-refractivity contribution >= 4 is 0 Å². The van der Waals surface area contributed by atoms with Crippen LogP contribution in [0.5, 0.6) is 0 Å². The maximum atomic E-state index is 5.52. The van der Waals surface area contributed by atoms with E-state index in [1.807, 2.05) is 48.3 Å². The topological polar surface area (TPSA) is 43.8 Å². The summed E-state index contributed by atoms with van der Waals surface area (Å²) >= 11 is 0. The molecule has 0 fully saturated rings. The Morgan fingerprint density at radius 2 is 2.00 bits per heavy atom. The van der Waals surface area contributed by atoms with Crippen LogP contribution in [0.15, 0.2) is 36.7 Å². The van der Waals surface area contributed by atoms with Crippen molar-refractivity contribution < 1.29 is 0 Å². The summed E-state index contributed by atoms with van der Waals surface area (Å²) in [6, 6.07) is 8.09. The van der Waals surface area contributed by atoms with Crippen molar-refractivity contribution in [2.45, 2.75) is 13.5 Å². The maximum absolute atomic E-state index is 5.52. The number of benzene rings is 1. The lowest BCUT2D eigenvalue weighted by Crippen LogP contribution is -1.98. The molecule has 0 radical (unpaired) electrons. The molecular formula is C11H13N3. The van der Waals surface area contributed by atoms with Gasteiger partial charge in [-0.1, -0.05) is 12.1 Å². The summed E-state index contributed by atoms with van der Waals surface area (Å²) in [4.78, 5) is 0. The van der Waals surface area contributed by atoms with Gasteiger partial charge in [-0.25, -0.2) is 4.68 Å². The molecule has 0 bridgehead atoms. The monoisotopic (exact) mass is 187 g/mol. The van der Waals surface area contributed by atoms with Crippen molar-refractivity contribution in [3.8, 4) is 5.69 Å². The summed E-state index contributed by atoms with van der Waals surface area (Å²) in [6.07, 6.45) is 3.84. The van der Waals surface area contributed by atoms with Gasteiger partial charge in [-0.15, -0.1) is 0 Å². The van der Waals surface area contributed by atoms with Crippen LogP contribution in [-0.2, 0) is 6.54 Å². The zero-order valence-electron chi connectivity index (χ0n) is 8.14. The predicted octanol–water partition coefficient (Wildman–Crippen LogP) is 1.64. The Bertz CT molecular complexity index is 414. The molecule has 0 saturated heterocycles. The molecule has 1 aromatic carbocycles. The van der Waals surface area contributed by atoms with E-state index in [0.717, 1.165) is 16.8 Å². The first-order valence-electron chi connectivity index (χ1n) is 4.60. The van der Waals surface area contributed by atoms with Crippen molar-refractivity contribution in [2.75, 3.05) is 0 Å². The molecule has 2 N–H and O–H groups in total. The van der Waals surface area contributed by atoms with Gasteiger partial charge in [0.15, 0.2) is 0 Å². The molecule has 72 valence electrons. The van der Waals surface area contributed by atoms with Crippen LogP contribution in [-0.4, -0.2) is 9.78 Å². The predicted molar refractivity (Wildman–Crippen MR) is 56.2 cm³/mol. The first kappa shape index (κ1) is 8.97. The van der Waals surface area contributed by atoms with Crippen molar-refractivity contribution in [2.24, 2.45) is 5.73 Å². The lowest BCUT2D eigenvalue weighted by Gasteiger charge is -2.01. The maximum Gasteiger partial charge on any atom is 0.0645 e. The molecule has 2 aromatic rings. The Labute approximate surface area is 83.2 Å². The van der Waals surface area contributed by atoms with E-state index in [2.05, 4.69) is 5.10 Å². The fraction of sp³-hybridized carbons (Fsp3) is 0.182. The highest BCUT2D eigenvalue weighted by atomic mass is 15.3. The third-order valence-electron chi connectivity index (χ3n) is 2.15. The largest absolute Gasteiger partial charge is 0.326 e. The first-order valence-corrected chi connectivity index (χ1v) is 4.60. The van der Waals surface area contributed by atoms with Crippen LogP contribution >= 0.6 is 0 Å². The Kier molecular flexibility index (Phi) is 2.33. The summed E-state index contributed by atoms with van der Waals surface area (Å²) < 4.78 is 1.86. The smallest absolute Gasteiger partial charge is 0.0645 e. The second-order valence-electron chi connectivity index (χ2n) is 3.33. The van der Waals surface area contributed by atoms with E-state index in [1.165, 1.54) is 0 Å². The van der Waals surface area contributed by atoms with E-state index in [0.29, 0.717) is 6.54 Å². The van der Waals surface area contributed by atoms with Gasteiger partial charge in [-0.2, -0.15) is 5.10 Å². The third kappa shape index (κ3) is 1.67. The van der Waals surface area contributed by atoms with Gasteiger partial charge in [0, 0.05) is 12.7 Å². The highest BCUT2D eigenvalue weighted by Crippen LogP contribution is 2.09. The molecule has 0 spiro atoms. The van der Waals surface area contributed by atoms with Gasteiger partial charge in [0.2, 0.25) is 0 Å². The molecule has 2 rings (SSSR count). The Morgan fingerprint density at radius 3 is 2.50 bits per heavy atom. The number of hydrogen-bond donors (Lipinski definition) is 1. The minimum Gasteiger partial charge on any atom is -0.326 e. The Balaban J connectivity index is 2.33. The highest BCUT2D eigenvalue weighted by molar-refractivity contribution is 5.34. The van der Waals surface area contributed by atoms with Gasteiger partial charge in [-0.05, 0) is 30.2 Å². The number of aromatic nitrogens is 2. The Morgan fingerprint density at radius 1 is 1.29 bits per heavy atom. The van der Waals surface area contributed by atoms with Gasteiger partial charge in [0.25, 0.3) is 0 Å². The number of nitrogens with two attached hydrogens (primary N) is 1. The molecule has 0 atom stereocenters. The number of aryl methyl sites for hydroxylation is 1. The minimum atomic E-state index is 0.582. The molecule has 3 heteroatoms. The van der Waals surface area contributed by atoms with Crippen LogP contribution in [0.3, 0.4) is 0 Å². The number of hydrogen-bond acceptors (Lipinski definition) is 2. The SMILES string of the molecule is Cc1cnn(-c2ccc(CN)cc2)c1. The average Bonchev–Trinajstić information content (AvgIpc) is 2.65. The van der Waals surface area contributed by atoms with Crippen molar-refractivity contribution in [3.05, 3.63) is 47.8 Å². The summed E-state index contributed by atoms with van der Waals surface area (Å²) in [5.74, 6) is 0. The summed E-state index contributed by atoms with van der Waals surface area (Å²) in [6.45, 7) is 2.61. The molecular weight excluding hydrogens is 174 g/mol. The zero-order chi connectivity index (χ0) is 9.97. The van der Waals surface area contributed by atoms with Crippen LogP contribution in [0.2, 0.25) is 0 Å². The molecule has 0 unspecified atom stereocenters. The van der Waals surface area contributed by atoms with Gasteiger partial charge >= 0.3 is 0 Å². The standard InChI is InChI=1S/C11H13N3/c1-9-7-13-14(8-9)11-4-2-10(6-12)3-5-11/h2-5,7-8H,6,12H2,1H3. The lowest BCUT2D eigenvalue weighted by atomic mass is 10.2. The van der Waals surface area contributed by atoms with Gasteiger partial charge in [-0.3, -0.25) is 0 Å². The average molecular weight is 187 g/mol. The van der Waals surface area contributed by atoms with E-state index in [4.69, 9.17) is 5.73 Å². The molecule has 0 amide bonds. The summed E-state index contributed by atoms with van der Waals surface area (Å²) in [7, 11) is 0. The van der Waals surface area contributed by atoms with E-state index < -0.39 is 0 Å². The summed E-state index contributed by atoms with van der Waals surface area (Å²) in [5.41, 5.74) is 8.88. The molecule has 0 aliphatic rings. The van der Waals surface area contributed by atoms with Crippen LogP contribution in [0.1, 0.15) is 11.1 Å². The van der Waals surface area contributed by atoms with Crippen LogP contribution in [0.4, 0.5) is 0 Å². The zero-order valence-corrected chi connectivity index (χ0v) is 8.14. The first-order chi connectivity index (χ1) is 6.79. The van der Waals surface area contributed by atoms with Gasteiger partial charge in [0.05, 0.1) is 11.9 Å². The third-order valence-corrected chi connectivity index (χ3v) is 2.15. The second-order valence-corrected chi connectivity index (χ2v) is 3.33. The van der Waals surface area contributed by atoms with Crippen LogP contribution in [0, 0.1) is 6.92 Å². The second kappa shape index (κ2) is 3.64. The van der Waals surface area contributed by atoms with E-state index >= 15 is 0 Å². The minimum absolute atomic E-state index is 0.582.